The summed E-state index contributed by atoms with van der Waals surface area (Å²) < 4.78 is 2.34. The van der Waals surface area contributed by atoms with Crippen LogP contribution in [0.1, 0.15) is 5.56 Å². The van der Waals surface area contributed by atoms with E-state index >= 15 is 0 Å². The van der Waals surface area contributed by atoms with Gasteiger partial charge in [-0.1, -0.05) is 30.3 Å². The molecule has 1 aromatic heterocycles. The zero-order chi connectivity index (χ0) is 15.5. The van der Waals surface area contributed by atoms with Crippen LogP contribution in [0.4, 0.5) is 5.69 Å². The molecule has 2 aromatic carbocycles. The average Bonchev–Trinajstić information content (AvgIpc) is 2.89. The number of nitro groups is 1. The van der Waals surface area contributed by atoms with Crippen molar-refractivity contribution in [3.8, 4) is 5.69 Å². The van der Waals surface area contributed by atoms with Gasteiger partial charge in [0.25, 0.3) is 5.69 Å². The summed E-state index contributed by atoms with van der Waals surface area (Å²) in [5.74, 6) is 0. The van der Waals surface area contributed by atoms with Gasteiger partial charge in [-0.2, -0.15) is 9.36 Å². The molecule has 1 heterocycles. The average molecular weight is 297 g/mol. The van der Waals surface area contributed by atoms with E-state index in [0.717, 1.165) is 10.2 Å². The van der Waals surface area contributed by atoms with Gasteiger partial charge >= 0.3 is 5.69 Å². The highest BCUT2D eigenvalue weighted by atomic mass is 16.6. The lowest BCUT2D eigenvalue weighted by atomic mass is 10.2. The first-order valence-electron chi connectivity index (χ1n) is 6.47. The van der Waals surface area contributed by atoms with Gasteiger partial charge in [-0.3, -0.25) is 10.1 Å². The summed E-state index contributed by atoms with van der Waals surface area (Å²) in [6, 6.07) is 15.0. The van der Waals surface area contributed by atoms with Crippen molar-refractivity contribution in [3.63, 3.8) is 0 Å². The first-order chi connectivity index (χ1) is 10.6. The molecule has 0 unspecified atom stereocenters. The van der Waals surface area contributed by atoms with Gasteiger partial charge in [0, 0.05) is 12.1 Å². The van der Waals surface area contributed by atoms with Gasteiger partial charge in [-0.05, 0) is 28.1 Å². The predicted molar refractivity (Wildman–Crippen MR) is 77.8 cm³/mol. The number of non-ortho nitro benzene ring substituents is 1. The quantitative estimate of drug-likeness (QED) is 0.535. The Morgan fingerprint density at radius 2 is 1.68 bits per heavy atom. The SMILES string of the molecule is O=c1n(Cc2ccccc2)nnn1-c1ccc([N+](=O)[O-])cc1. The molecule has 3 aromatic rings. The standard InChI is InChI=1S/C14H11N5O3/c20-14-17(10-11-4-2-1-3-5-11)15-16-18(14)12-6-8-13(9-7-12)19(21)22/h1-9H,10H2. The van der Waals surface area contributed by atoms with E-state index in [0.29, 0.717) is 12.2 Å². The van der Waals surface area contributed by atoms with E-state index in [-0.39, 0.29) is 5.69 Å². The Hall–Kier alpha value is -3.29. The first-order valence-corrected chi connectivity index (χ1v) is 6.47. The molecular formula is C14H11N5O3. The summed E-state index contributed by atoms with van der Waals surface area (Å²) in [7, 11) is 0. The van der Waals surface area contributed by atoms with Crippen LogP contribution in [0.2, 0.25) is 0 Å². The minimum atomic E-state index is -0.501. The molecule has 0 spiro atoms. The van der Waals surface area contributed by atoms with Crippen molar-refractivity contribution in [2.24, 2.45) is 0 Å². The van der Waals surface area contributed by atoms with Gasteiger partial charge in [0.2, 0.25) is 0 Å². The van der Waals surface area contributed by atoms with E-state index in [2.05, 4.69) is 10.4 Å². The molecule has 0 amide bonds. The molecular weight excluding hydrogens is 286 g/mol. The topological polar surface area (TPSA) is 95.8 Å². The molecule has 0 bridgehead atoms. The van der Waals surface area contributed by atoms with Crippen LogP contribution in [-0.4, -0.2) is 24.7 Å². The largest absolute Gasteiger partial charge is 0.368 e. The maximum Gasteiger partial charge on any atom is 0.368 e. The van der Waals surface area contributed by atoms with E-state index in [1.807, 2.05) is 30.3 Å². The number of nitrogens with zero attached hydrogens (tertiary/aromatic N) is 5. The second kappa shape index (κ2) is 5.60. The van der Waals surface area contributed by atoms with Crippen LogP contribution in [0, 0.1) is 10.1 Å². The lowest BCUT2D eigenvalue weighted by molar-refractivity contribution is -0.384. The van der Waals surface area contributed by atoms with E-state index in [9.17, 15) is 14.9 Å². The molecule has 0 aliphatic heterocycles. The van der Waals surface area contributed by atoms with Gasteiger partial charge in [0.1, 0.15) is 0 Å². The Labute approximate surface area is 124 Å². The van der Waals surface area contributed by atoms with Crippen LogP contribution >= 0.6 is 0 Å². The zero-order valence-corrected chi connectivity index (χ0v) is 11.4. The smallest absolute Gasteiger partial charge is 0.258 e. The molecule has 0 atom stereocenters. The van der Waals surface area contributed by atoms with Crippen molar-refractivity contribution in [3.05, 3.63) is 80.8 Å². The molecule has 0 aliphatic carbocycles. The number of benzene rings is 2. The summed E-state index contributed by atoms with van der Waals surface area (Å²) in [6.07, 6.45) is 0. The van der Waals surface area contributed by atoms with Crippen molar-refractivity contribution >= 4 is 5.69 Å². The van der Waals surface area contributed by atoms with Gasteiger partial charge in [-0.25, -0.2) is 4.79 Å². The molecule has 0 saturated carbocycles. The second-order valence-corrected chi connectivity index (χ2v) is 4.59. The molecule has 0 radical (unpaired) electrons. The minimum absolute atomic E-state index is 0.0477. The fourth-order valence-electron chi connectivity index (χ4n) is 2.01. The Morgan fingerprint density at radius 3 is 2.32 bits per heavy atom. The van der Waals surface area contributed by atoms with Crippen molar-refractivity contribution in [1.29, 1.82) is 0 Å². The van der Waals surface area contributed by atoms with E-state index in [4.69, 9.17) is 0 Å². The third kappa shape index (κ3) is 2.62. The molecule has 8 nitrogen and oxygen atoms in total. The molecule has 0 fully saturated rings. The Balaban J connectivity index is 1.90. The van der Waals surface area contributed by atoms with Crippen LogP contribution in [-0.2, 0) is 6.54 Å². The molecule has 3 rings (SSSR count). The third-order valence-corrected chi connectivity index (χ3v) is 3.12. The van der Waals surface area contributed by atoms with Crippen LogP contribution in [0.25, 0.3) is 5.69 Å². The summed E-state index contributed by atoms with van der Waals surface area (Å²) >= 11 is 0. The number of tetrazole rings is 1. The van der Waals surface area contributed by atoms with Crippen LogP contribution < -0.4 is 5.69 Å². The Kier molecular flexibility index (Phi) is 3.48. The highest BCUT2D eigenvalue weighted by Crippen LogP contribution is 2.13. The molecule has 0 saturated heterocycles. The van der Waals surface area contributed by atoms with Crippen LogP contribution in [0.15, 0.2) is 59.4 Å². The molecule has 0 aliphatic rings. The van der Waals surface area contributed by atoms with Gasteiger partial charge in [0.05, 0.1) is 17.2 Å². The molecule has 22 heavy (non-hydrogen) atoms. The molecule has 8 heteroatoms. The molecule has 0 N–H and O–H groups in total. The van der Waals surface area contributed by atoms with Crippen LogP contribution in [0.5, 0.6) is 0 Å². The molecule has 110 valence electrons. The zero-order valence-electron chi connectivity index (χ0n) is 11.4. The number of rotatable bonds is 4. The van der Waals surface area contributed by atoms with Gasteiger partial charge in [-0.15, -0.1) is 0 Å². The number of hydrogen-bond donors (Lipinski definition) is 0. The van der Waals surface area contributed by atoms with Crippen molar-refractivity contribution in [2.75, 3.05) is 0 Å². The normalized spacial score (nSPS) is 10.5. The van der Waals surface area contributed by atoms with Crippen molar-refractivity contribution in [2.45, 2.75) is 6.54 Å². The minimum Gasteiger partial charge on any atom is -0.258 e. The van der Waals surface area contributed by atoms with E-state index in [1.165, 1.54) is 28.9 Å². The maximum atomic E-state index is 12.3. The summed E-state index contributed by atoms with van der Waals surface area (Å²) in [4.78, 5) is 22.4. The monoisotopic (exact) mass is 297 g/mol. The Morgan fingerprint density at radius 1 is 1.00 bits per heavy atom. The highest BCUT2D eigenvalue weighted by molar-refractivity contribution is 5.39. The summed E-state index contributed by atoms with van der Waals surface area (Å²) in [6.45, 7) is 0.312. The summed E-state index contributed by atoms with van der Waals surface area (Å²) in [5, 5.41) is 18.3. The number of aromatic nitrogens is 4. The predicted octanol–water partition coefficient (Wildman–Crippen LogP) is 1.39. The highest BCUT2D eigenvalue weighted by Gasteiger charge is 2.11. The first kappa shape index (κ1) is 13.7. The van der Waals surface area contributed by atoms with Crippen molar-refractivity contribution in [1.82, 2.24) is 19.8 Å². The summed E-state index contributed by atoms with van der Waals surface area (Å²) in [5.41, 5.74) is 0.904. The van der Waals surface area contributed by atoms with E-state index in [1.54, 1.807) is 0 Å². The van der Waals surface area contributed by atoms with Crippen LogP contribution in [0.3, 0.4) is 0 Å². The van der Waals surface area contributed by atoms with Gasteiger partial charge < -0.3 is 0 Å². The lowest BCUT2D eigenvalue weighted by Gasteiger charge is -1.99. The maximum absolute atomic E-state index is 12.3. The van der Waals surface area contributed by atoms with Gasteiger partial charge in [0.15, 0.2) is 0 Å². The number of hydrogen-bond acceptors (Lipinski definition) is 5. The lowest BCUT2D eigenvalue weighted by Crippen LogP contribution is -2.24. The fraction of sp³-hybridized carbons (Fsp3) is 0.0714. The fourth-order valence-corrected chi connectivity index (χ4v) is 2.01. The van der Waals surface area contributed by atoms with E-state index < -0.39 is 10.6 Å². The second-order valence-electron chi connectivity index (χ2n) is 4.59. The third-order valence-electron chi connectivity index (χ3n) is 3.12. The number of nitro benzene ring substituents is 1. The van der Waals surface area contributed by atoms with Crippen molar-refractivity contribution < 1.29 is 4.92 Å². The Bertz CT molecular complexity index is 852.